The van der Waals surface area contributed by atoms with E-state index in [1.165, 1.54) is 11.3 Å². The van der Waals surface area contributed by atoms with E-state index in [0.717, 1.165) is 11.1 Å². The highest BCUT2D eigenvalue weighted by atomic mass is 32.1. The van der Waals surface area contributed by atoms with E-state index < -0.39 is 12.0 Å². The van der Waals surface area contributed by atoms with Crippen LogP contribution in [0, 0.1) is 0 Å². The first-order chi connectivity index (χ1) is 17.9. The van der Waals surface area contributed by atoms with Crippen LogP contribution in [0.5, 0.6) is 17.2 Å². The molecule has 0 radical (unpaired) electrons. The number of carbonyl (C=O) groups is 1. The van der Waals surface area contributed by atoms with Crippen molar-refractivity contribution in [3.05, 3.63) is 97.2 Å². The Morgan fingerprint density at radius 1 is 1.14 bits per heavy atom. The van der Waals surface area contributed by atoms with Crippen LogP contribution in [0.1, 0.15) is 31.0 Å². The lowest BCUT2D eigenvalue weighted by Crippen LogP contribution is -2.39. The minimum absolute atomic E-state index is 0.207. The third-order valence-electron chi connectivity index (χ3n) is 5.81. The molecule has 0 bridgehead atoms. The van der Waals surface area contributed by atoms with E-state index in [0.29, 0.717) is 44.5 Å². The summed E-state index contributed by atoms with van der Waals surface area (Å²) in [5, 5.41) is 0. The van der Waals surface area contributed by atoms with Gasteiger partial charge in [0, 0.05) is 11.6 Å². The van der Waals surface area contributed by atoms with Crippen LogP contribution in [0.4, 0.5) is 0 Å². The fourth-order valence-corrected chi connectivity index (χ4v) is 5.12. The van der Waals surface area contributed by atoms with E-state index in [9.17, 15) is 9.59 Å². The van der Waals surface area contributed by atoms with E-state index in [-0.39, 0.29) is 12.2 Å². The van der Waals surface area contributed by atoms with Crippen LogP contribution in [0.3, 0.4) is 0 Å². The van der Waals surface area contributed by atoms with Crippen LogP contribution in [-0.2, 0) is 9.53 Å². The summed E-state index contributed by atoms with van der Waals surface area (Å²) in [7, 11) is 3.14. The predicted octanol–water partition coefficient (Wildman–Crippen LogP) is 3.38. The number of allylic oxidation sites excluding steroid dienone is 1. The number of ether oxygens (including phenoxy) is 4. The maximum atomic E-state index is 13.8. The Hall–Kier alpha value is -4.11. The molecule has 2 heterocycles. The molecule has 0 amide bonds. The van der Waals surface area contributed by atoms with Gasteiger partial charge >= 0.3 is 5.97 Å². The molecule has 0 spiro atoms. The van der Waals surface area contributed by atoms with E-state index in [1.807, 2.05) is 18.2 Å². The normalized spacial score (nSPS) is 15.0. The highest BCUT2D eigenvalue weighted by molar-refractivity contribution is 7.07. The lowest BCUT2D eigenvalue weighted by atomic mass is 9.96. The number of nitrogens with zero attached hydrogens (tertiary/aromatic N) is 2. The Morgan fingerprint density at radius 3 is 2.51 bits per heavy atom. The molecule has 8 nitrogen and oxygen atoms in total. The molecule has 1 atom stereocenters. The van der Waals surface area contributed by atoms with Crippen molar-refractivity contribution in [3.63, 3.8) is 0 Å². The maximum Gasteiger partial charge on any atom is 0.338 e. The molecule has 1 aliphatic rings. The second kappa shape index (κ2) is 11.3. The third kappa shape index (κ3) is 5.22. The van der Waals surface area contributed by atoms with Gasteiger partial charge in [-0.15, -0.1) is 0 Å². The first kappa shape index (κ1) is 26.0. The minimum atomic E-state index is -0.705. The molecular weight excluding hydrogens is 492 g/mol. The summed E-state index contributed by atoms with van der Waals surface area (Å²) < 4.78 is 23.7. The maximum absolute atomic E-state index is 13.8. The molecule has 192 valence electrons. The van der Waals surface area contributed by atoms with Crippen LogP contribution in [0.15, 0.2) is 76.2 Å². The summed E-state index contributed by atoms with van der Waals surface area (Å²) in [4.78, 5) is 31.9. The number of fused-ring (bicyclic) bond motifs is 1. The van der Waals surface area contributed by atoms with Crippen molar-refractivity contribution in [2.75, 3.05) is 27.4 Å². The molecule has 1 aromatic heterocycles. The Labute approximate surface area is 218 Å². The smallest absolute Gasteiger partial charge is 0.338 e. The van der Waals surface area contributed by atoms with Crippen LogP contribution < -0.4 is 29.1 Å². The van der Waals surface area contributed by atoms with Crippen LogP contribution >= 0.6 is 11.3 Å². The zero-order valence-corrected chi connectivity index (χ0v) is 22.0. The largest absolute Gasteiger partial charge is 0.497 e. The highest BCUT2D eigenvalue weighted by Crippen LogP contribution is 2.32. The molecule has 0 aliphatic carbocycles. The van der Waals surface area contributed by atoms with Gasteiger partial charge in [0.2, 0.25) is 0 Å². The quantitative estimate of drug-likeness (QED) is 0.318. The van der Waals surface area contributed by atoms with Crippen molar-refractivity contribution in [2.24, 2.45) is 4.99 Å². The number of carbonyl (C=O) groups excluding carboxylic acids is 1. The lowest BCUT2D eigenvalue weighted by molar-refractivity contribution is -0.139. The average Bonchev–Trinajstić information content (AvgIpc) is 3.21. The van der Waals surface area contributed by atoms with Gasteiger partial charge in [0.15, 0.2) is 4.80 Å². The van der Waals surface area contributed by atoms with Crippen molar-refractivity contribution in [2.45, 2.75) is 19.9 Å². The molecule has 37 heavy (non-hydrogen) atoms. The summed E-state index contributed by atoms with van der Waals surface area (Å²) in [5.74, 6) is 1.36. The summed E-state index contributed by atoms with van der Waals surface area (Å²) in [5.41, 5.74) is 2.01. The topological polar surface area (TPSA) is 88.4 Å². The Balaban J connectivity index is 1.89. The molecule has 1 aliphatic heterocycles. The van der Waals surface area contributed by atoms with Gasteiger partial charge in [-0.05, 0) is 49.8 Å². The van der Waals surface area contributed by atoms with Crippen molar-refractivity contribution < 1.29 is 23.7 Å². The standard InChI is InChI=1S/C28H28N2O6S/c1-6-14-36-20-11-8-18(9-12-20)25-24(27(32)35-7-2)17(3)29-28-30(25)26(31)23(37-28)15-19-10-13-21(33-4)16-22(19)34-5/h6,8-13,15-16,25H,1,7,14H2,2-5H3. The number of hydrogen-bond donors (Lipinski definition) is 0. The van der Waals surface area contributed by atoms with Gasteiger partial charge in [-0.25, -0.2) is 9.79 Å². The molecule has 9 heteroatoms. The van der Waals surface area contributed by atoms with Gasteiger partial charge in [-0.1, -0.05) is 36.1 Å². The number of methoxy groups -OCH3 is 2. The van der Waals surface area contributed by atoms with E-state index in [4.69, 9.17) is 18.9 Å². The molecule has 0 saturated carbocycles. The van der Waals surface area contributed by atoms with Crippen LogP contribution in [-0.4, -0.2) is 38.0 Å². The van der Waals surface area contributed by atoms with Crippen LogP contribution in [0.25, 0.3) is 6.08 Å². The highest BCUT2D eigenvalue weighted by Gasteiger charge is 2.33. The van der Waals surface area contributed by atoms with Gasteiger partial charge in [0.1, 0.15) is 23.9 Å². The molecule has 0 saturated heterocycles. The number of rotatable bonds is 9. The van der Waals surface area contributed by atoms with Gasteiger partial charge in [0.05, 0.1) is 42.7 Å². The third-order valence-corrected chi connectivity index (χ3v) is 6.79. The number of benzene rings is 2. The zero-order valence-electron chi connectivity index (χ0n) is 21.1. The van der Waals surface area contributed by atoms with Gasteiger partial charge in [0.25, 0.3) is 5.56 Å². The van der Waals surface area contributed by atoms with Crippen molar-refractivity contribution in [1.82, 2.24) is 4.57 Å². The van der Waals surface area contributed by atoms with E-state index >= 15 is 0 Å². The molecule has 0 fully saturated rings. The van der Waals surface area contributed by atoms with Gasteiger partial charge in [-0.3, -0.25) is 9.36 Å². The van der Waals surface area contributed by atoms with Crippen LogP contribution in [0.2, 0.25) is 0 Å². The molecule has 0 N–H and O–H groups in total. The summed E-state index contributed by atoms with van der Waals surface area (Å²) >= 11 is 1.25. The number of hydrogen-bond acceptors (Lipinski definition) is 8. The second-order valence-corrected chi connectivity index (χ2v) is 9.09. The van der Waals surface area contributed by atoms with Crippen molar-refractivity contribution in [3.8, 4) is 17.2 Å². The fraction of sp³-hybridized carbons (Fsp3) is 0.250. The predicted molar refractivity (Wildman–Crippen MR) is 142 cm³/mol. The minimum Gasteiger partial charge on any atom is -0.497 e. The SMILES string of the molecule is C=CCOc1ccc(C2C(C(=O)OCC)=C(C)N=c3sc(=Cc4ccc(OC)cc4OC)c(=O)n32)cc1. The first-order valence-electron chi connectivity index (χ1n) is 11.7. The fourth-order valence-electron chi connectivity index (χ4n) is 4.09. The molecule has 2 aromatic carbocycles. The zero-order chi connectivity index (χ0) is 26.5. The van der Waals surface area contributed by atoms with E-state index in [2.05, 4.69) is 11.6 Å². The summed E-state index contributed by atoms with van der Waals surface area (Å²) in [6, 6.07) is 11.9. The summed E-state index contributed by atoms with van der Waals surface area (Å²) in [6.45, 7) is 7.74. The summed E-state index contributed by atoms with van der Waals surface area (Å²) in [6.07, 6.45) is 3.42. The van der Waals surface area contributed by atoms with Crippen molar-refractivity contribution in [1.29, 1.82) is 0 Å². The first-order valence-corrected chi connectivity index (χ1v) is 12.5. The monoisotopic (exact) mass is 520 g/mol. The molecule has 1 unspecified atom stereocenters. The lowest BCUT2D eigenvalue weighted by Gasteiger charge is -2.24. The molecular formula is C28H28N2O6S. The number of esters is 1. The van der Waals surface area contributed by atoms with Gasteiger partial charge < -0.3 is 18.9 Å². The number of thiazole rings is 1. The Morgan fingerprint density at radius 2 is 1.86 bits per heavy atom. The Bertz CT molecular complexity index is 1530. The Kier molecular flexibility index (Phi) is 7.93. The molecule has 4 rings (SSSR count). The van der Waals surface area contributed by atoms with Crippen molar-refractivity contribution >= 4 is 23.4 Å². The van der Waals surface area contributed by atoms with Gasteiger partial charge in [-0.2, -0.15) is 0 Å². The number of aromatic nitrogens is 1. The van der Waals surface area contributed by atoms with E-state index in [1.54, 1.807) is 69.1 Å². The average molecular weight is 521 g/mol. The molecule has 3 aromatic rings. The second-order valence-electron chi connectivity index (χ2n) is 8.08.